The lowest BCUT2D eigenvalue weighted by Crippen LogP contribution is -2.48. The second-order valence-corrected chi connectivity index (χ2v) is 9.17. The Balaban J connectivity index is 0.00000450. The Morgan fingerprint density at radius 3 is 2.53 bits per heavy atom. The van der Waals surface area contributed by atoms with Gasteiger partial charge in [0, 0.05) is 33.2 Å². The summed E-state index contributed by atoms with van der Waals surface area (Å²) in [6.07, 6.45) is 2.42. The van der Waals surface area contributed by atoms with E-state index in [0.29, 0.717) is 11.9 Å². The van der Waals surface area contributed by atoms with E-state index in [1.165, 1.54) is 5.56 Å². The maximum atomic E-state index is 12.0. The Labute approximate surface area is 199 Å². The third kappa shape index (κ3) is 8.41. The fraction of sp³-hybridized carbons (Fsp3) is 0.652. The molecule has 1 saturated heterocycles. The Morgan fingerprint density at radius 2 is 1.93 bits per heavy atom. The van der Waals surface area contributed by atoms with Crippen LogP contribution >= 0.6 is 24.0 Å². The highest BCUT2D eigenvalue weighted by Crippen LogP contribution is 2.33. The van der Waals surface area contributed by atoms with Crippen molar-refractivity contribution in [2.45, 2.75) is 52.7 Å². The predicted octanol–water partition coefficient (Wildman–Crippen LogP) is 3.83. The molecule has 1 fully saturated rings. The van der Waals surface area contributed by atoms with Crippen molar-refractivity contribution >= 4 is 35.8 Å². The third-order valence-corrected chi connectivity index (χ3v) is 5.35. The predicted molar refractivity (Wildman–Crippen MR) is 134 cm³/mol. The van der Waals surface area contributed by atoms with Crippen LogP contribution in [0.3, 0.4) is 0 Å². The van der Waals surface area contributed by atoms with Gasteiger partial charge in [0.2, 0.25) is 5.91 Å². The van der Waals surface area contributed by atoms with Gasteiger partial charge in [-0.25, -0.2) is 4.99 Å². The summed E-state index contributed by atoms with van der Waals surface area (Å²) in [5.74, 6) is 1.05. The van der Waals surface area contributed by atoms with E-state index in [4.69, 9.17) is 4.74 Å². The van der Waals surface area contributed by atoms with Gasteiger partial charge in [-0.15, -0.1) is 24.0 Å². The molecule has 170 valence electrons. The SMILES string of the molecule is CC(NC(=NCC(=O)N(C)C)NCC1CCCOC1C(C)(C)C)c1ccccc1.I. The summed E-state index contributed by atoms with van der Waals surface area (Å²) in [5.41, 5.74) is 1.27. The van der Waals surface area contributed by atoms with Crippen LogP contribution in [-0.4, -0.2) is 56.7 Å². The second-order valence-electron chi connectivity index (χ2n) is 9.17. The normalized spacial score (nSPS) is 20.7. The van der Waals surface area contributed by atoms with Crippen LogP contribution in [0.2, 0.25) is 0 Å². The topological polar surface area (TPSA) is 66.0 Å². The van der Waals surface area contributed by atoms with Gasteiger partial charge in [0.25, 0.3) is 0 Å². The Hall–Kier alpha value is -1.35. The molecule has 0 aromatic heterocycles. The zero-order valence-corrected chi connectivity index (χ0v) is 21.6. The van der Waals surface area contributed by atoms with Crippen LogP contribution in [-0.2, 0) is 9.53 Å². The number of hydrogen-bond donors (Lipinski definition) is 2. The minimum absolute atomic E-state index is 0. The van der Waals surface area contributed by atoms with E-state index in [-0.39, 0.29) is 54.0 Å². The number of guanidine groups is 1. The number of likely N-dealkylation sites (N-methyl/N-ethyl adjacent to an activating group) is 1. The summed E-state index contributed by atoms with van der Waals surface area (Å²) in [6, 6.07) is 10.3. The number of nitrogens with one attached hydrogen (secondary N) is 2. The molecular formula is C23H39IN4O2. The van der Waals surface area contributed by atoms with E-state index >= 15 is 0 Å². The molecule has 1 aliphatic heterocycles. The van der Waals surface area contributed by atoms with Crippen molar-refractivity contribution in [1.29, 1.82) is 0 Å². The molecule has 2 N–H and O–H groups in total. The van der Waals surface area contributed by atoms with Gasteiger partial charge in [-0.3, -0.25) is 4.79 Å². The van der Waals surface area contributed by atoms with Crippen LogP contribution in [0.1, 0.15) is 52.1 Å². The Bertz CT molecular complexity index is 674. The average molecular weight is 530 g/mol. The van der Waals surface area contributed by atoms with Crippen molar-refractivity contribution in [3.63, 3.8) is 0 Å². The van der Waals surface area contributed by atoms with Crippen molar-refractivity contribution in [2.75, 3.05) is 33.8 Å². The third-order valence-electron chi connectivity index (χ3n) is 5.35. The first kappa shape index (κ1) is 26.7. The number of amides is 1. The summed E-state index contributed by atoms with van der Waals surface area (Å²) in [6.45, 7) is 10.5. The molecule has 30 heavy (non-hydrogen) atoms. The zero-order chi connectivity index (χ0) is 21.4. The first-order valence-corrected chi connectivity index (χ1v) is 10.6. The van der Waals surface area contributed by atoms with Gasteiger partial charge in [-0.1, -0.05) is 51.1 Å². The van der Waals surface area contributed by atoms with Gasteiger partial charge >= 0.3 is 0 Å². The number of hydrogen-bond acceptors (Lipinski definition) is 3. The second kappa shape index (κ2) is 12.5. The van der Waals surface area contributed by atoms with Gasteiger partial charge in [-0.2, -0.15) is 0 Å². The van der Waals surface area contributed by atoms with Crippen molar-refractivity contribution in [3.05, 3.63) is 35.9 Å². The number of carbonyl (C=O) groups is 1. The van der Waals surface area contributed by atoms with E-state index in [1.807, 2.05) is 18.2 Å². The fourth-order valence-corrected chi connectivity index (χ4v) is 3.71. The lowest BCUT2D eigenvalue weighted by molar-refractivity contribution is -0.127. The highest BCUT2D eigenvalue weighted by atomic mass is 127. The highest BCUT2D eigenvalue weighted by molar-refractivity contribution is 14.0. The number of halogens is 1. The molecule has 1 aromatic carbocycles. The van der Waals surface area contributed by atoms with Gasteiger partial charge in [0.05, 0.1) is 12.1 Å². The van der Waals surface area contributed by atoms with Crippen LogP contribution in [0.5, 0.6) is 0 Å². The number of benzene rings is 1. The highest BCUT2D eigenvalue weighted by Gasteiger charge is 2.35. The van der Waals surface area contributed by atoms with Crippen molar-refractivity contribution in [3.8, 4) is 0 Å². The molecule has 0 aliphatic carbocycles. The van der Waals surface area contributed by atoms with Gasteiger partial charge in [0.1, 0.15) is 6.54 Å². The molecular weight excluding hydrogens is 491 g/mol. The van der Waals surface area contributed by atoms with Crippen molar-refractivity contribution < 1.29 is 9.53 Å². The Kier molecular flexibility index (Phi) is 11.1. The summed E-state index contributed by atoms with van der Waals surface area (Å²) >= 11 is 0. The molecule has 3 atom stereocenters. The molecule has 1 aromatic rings. The van der Waals surface area contributed by atoms with Crippen molar-refractivity contribution in [1.82, 2.24) is 15.5 Å². The molecule has 3 unspecified atom stereocenters. The number of rotatable bonds is 6. The minimum atomic E-state index is -0.0213. The van der Waals surface area contributed by atoms with E-state index in [9.17, 15) is 4.79 Å². The van der Waals surface area contributed by atoms with E-state index in [1.54, 1.807) is 19.0 Å². The molecule has 0 bridgehead atoms. The molecule has 6 nitrogen and oxygen atoms in total. The van der Waals surface area contributed by atoms with Gasteiger partial charge in [0.15, 0.2) is 5.96 Å². The molecule has 1 aliphatic rings. The number of nitrogens with zero attached hydrogens (tertiary/aromatic N) is 2. The van der Waals surface area contributed by atoms with E-state index in [0.717, 1.165) is 26.0 Å². The van der Waals surface area contributed by atoms with Crippen LogP contribution in [0, 0.1) is 11.3 Å². The molecule has 2 rings (SSSR count). The summed E-state index contributed by atoms with van der Waals surface area (Å²) < 4.78 is 6.11. The van der Waals surface area contributed by atoms with Crippen LogP contribution < -0.4 is 10.6 Å². The van der Waals surface area contributed by atoms with Crippen molar-refractivity contribution in [2.24, 2.45) is 16.3 Å². The molecule has 0 spiro atoms. The monoisotopic (exact) mass is 530 g/mol. The zero-order valence-electron chi connectivity index (χ0n) is 19.3. The summed E-state index contributed by atoms with van der Waals surface area (Å²) in [7, 11) is 3.50. The smallest absolute Gasteiger partial charge is 0.243 e. The first-order chi connectivity index (χ1) is 13.7. The average Bonchev–Trinajstić information content (AvgIpc) is 2.69. The number of aliphatic imine (C=N–C) groups is 1. The fourth-order valence-electron chi connectivity index (χ4n) is 3.71. The van der Waals surface area contributed by atoms with Crippen LogP contribution in [0.15, 0.2) is 35.3 Å². The number of carbonyl (C=O) groups excluding carboxylic acids is 1. The summed E-state index contributed by atoms with van der Waals surface area (Å²) in [5, 5.41) is 6.92. The van der Waals surface area contributed by atoms with Crippen LogP contribution in [0.25, 0.3) is 0 Å². The lowest BCUT2D eigenvalue weighted by atomic mass is 9.78. The van der Waals surface area contributed by atoms with E-state index < -0.39 is 0 Å². The Morgan fingerprint density at radius 1 is 1.27 bits per heavy atom. The molecule has 1 amide bonds. The van der Waals surface area contributed by atoms with E-state index in [2.05, 4.69) is 55.5 Å². The van der Waals surface area contributed by atoms with Crippen LogP contribution in [0.4, 0.5) is 0 Å². The maximum Gasteiger partial charge on any atom is 0.243 e. The lowest BCUT2D eigenvalue weighted by Gasteiger charge is -2.40. The first-order valence-electron chi connectivity index (χ1n) is 10.6. The summed E-state index contributed by atoms with van der Waals surface area (Å²) in [4.78, 5) is 18.1. The standard InChI is InChI=1S/C23H38N4O2.HI/c1-17(18-11-8-7-9-12-18)26-22(25-16-20(28)27(5)6)24-15-19-13-10-14-29-21(19)23(2,3)4;/h7-9,11-12,17,19,21H,10,13-16H2,1-6H3,(H2,24,25,26);1H. The quantitative estimate of drug-likeness (QED) is 0.334. The van der Waals surface area contributed by atoms with Gasteiger partial charge < -0.3 is 20.3 Å². The number of ether oxygens (including phenoxy) is 1. The molecule has 0 radical (unpaired) electrons. The molecule has 1 heterocycles. The largest absolute Gasteiger partial charge is 0.377 e. The van der Waals surface area contributed by atoms with Gasteiger partial charge in [-0.05, 0) is 30.7 Å². The molecule has 7 heteroatoms. The maximum absolute atomic E-state index is 12.0. The molecule has 0 saturated carbocycles. The minimum Gasteiger partial charge on any atom is -0.377 e.